The van der Waals surface area contributed by atoms with Gasteiger partial charge in [0.05, 0.1) is 11.4 Å². The van der Waals surface area contributed by atoms with E-state index in [1.165, 1.54) is 24.3 Å². The fourth-order valence-corrected chi connectivity index (χ4v) is 4.54. The minimum absolute atomic E-state index is 0.0939. The van der Waals surface area contributed by atoms with Gasteiger partial charge in [-0.2, -0.15) is 0 Å². The normalized spacial score (nSPS) is 13.6. The highest BCUT2D eigenvalue weighted by molar-refractivity contribution is 7.82. The average Bonchev–Trinajstić information content (AvgIpc) is 2.79. The number of hydrogen-bond donors (Lipinski definition) is 1. The first kappa shape index (κ1) is 24.6. The Bertz CT molecular complexity index is 1060. The van der Waals surface area contributed by atoms with E-state index in [1.807, 2.05) is 19.9 Å². The molecule has 0 heterocycles. The molecule has 1 N–H and O–H groups in total. The second-order valence-electron chi connectivity index (χ2n) is 7.33. The van der Waals surface area contributed by atoms with Crippen LogP contribution in [0.2, 0.25) is 0 Å². The highest BCUT2D eigenvalue weighted by Gasteiger charge is 2.35. The molecule has 0 aliphatic carbocycles. The van der Waals surface area contributed by atoms with E-state index < -0.39 is 34.6 Å². The van der Waals surface area contributed by atoms with Crippen LogP contribution in [0.5, 0.6) is 0 Å². The quantitative estimate of drug-likeness (QED) is 0.370. The van der Waals surface area contributed by atoms with Crippen molar-refractivity contribution in [1.82, 2.24) is 5.32 Å². The van der Waals surface area contributed by atoms with Crippen LogP contribution in [0.3, 0.4) is 0 Å². The molecule has 3 aromatic rings. The Balaban J connectivity index is 2.07. The Morgan fingerprint density at radius 1 is 0.788 bits per heavy atom. The van der Waals surface area contributed by atoms with Crippen molar-refractivity contribution in [3.63, 3.8) is 0 Å². The summed E-state index contributed by atoms with van der Waals surface area (Å²) in [6.45, 7) is 3.76. The molecule has 33 heavy (non-hydrogen) atoms. The molecule has 2 atom stereocenters. The smallest absolute Gasteiger partial charge is 0.265 e. The maximum atomic E-state index is 13.3. The predicted molar refractivity (Wildman–Crippen MR) is 127 cm³/mol. The van der Waals surface area contributed by atoms with E-state index in [0.29, 0.717) is 0 Å². The van der Waals surface area contributed by atoms with Gasteiger partial charge >= 0.3 is 0 Å². The van der Waals surface area contributed by atoms with Crippen molar-refractivity contribution >= 4 is 39.8 Å². The number of nitrogens with one attached hydrogen (secondary N) is 1. The van der Waals surface area contributed by atoms with E-state index in [0.717, 1.165) is 25.3 Å². The van der Waals surface area contributed by atoms with E-state index in [-0.39, 0.29) is 17.9 Å². The van der Waals surface area contributed by atoms with Gasteiger partial charge in [0, 0.05) is 29.1 Å². The van der Waals surface area contributed by atoms with Crippen LogP contribution in [-0.2, 0) is 33.9 Å². The van der Waals surface area contributed by atoms with Crippen molar-refractivity contribution in [2.24, 2.45) is 0 Å². The Morgan fingerprint density at radius 2 is 1.21 bits per heavy atom. The molecule has 0 spiro atoms. The third-order valence-electron chi connectivity index (χ3n) is 4.89. The second-order valence-corrected chi connectivity index (χ2v) is 8.99. The maximum Gasteiger partial charge on any atom is 0.265 e. The van der Waals surface area contributed by atoms with Crippen molar-refractivity contribution < 1.29 is 22.3 Å². The number of carbonyl (C=O) groups excluding carboxylic acids is 1. The van der Waals surface area contributed by atoms with E-state index in [2.05, 4.69) is 5.32 Å². The third kappa shape index (κ3) is 6.26. The van der Waals surface area contributed by atoms with Gasteiger partial charge in [0.25, 0.3) is 5.91 Å². The molecule has 3 aromatic carbocycles. The number of nitrogens with zero attached hydrogens (tertiary/aromatic N) is 2. The summed E-state index contributed by atoms with van der Waals surface area (Å²) in [5, 5.41) is 2.66. The van der Waals surface area contributed by atoms with Crippen molar-refractivity contribution in [1.29, 1.82) is 0 Å². The minimum atomic E-state index is -2.97. The SMILES string of the molecule is Cc1ccc(N(C(C(=O)NCc2ccccc2)N(c2ccc(C)cc2)S(=O)[O-])S(=O)[O-])cc1. The van der Waals surface area contributed by atoms with E-state index in [4.69, 9.17) is 0 Å². The van der Waals surface area contributed by atoms with Gasteiger partial charge in [0.15, 0.2) is 0 Å². The fraction of sp³-hybridized carbons (Fsp3) is 0.174. The molecule has 3 rings (SSSR count). The number of carbonyl (C=O) groups is 1. The molecule has 10 heteroatoms. The number of benzene rings is 3. The molecule has 0 aliphatic rings. The van der Waals surface area contributed by atoms with Crippen LogP contribution in [-0.4, -0.2) is 29.6 Å². The van der Waals surface area contributed by atoms with E-state index >= 15 is 0 Å². The monoisotopic (exact) mass is 485 g/mol. The first-order chi connectivity index (χ1) is 15.8. The highest BCUT2D eigenvalue weighted by Crippen LogP contribution is 2.27. The van der Waals surface area contributed by atoms with Crippen LogP contribution in [0.1, 0.15) is 16.7 Å². The summed E-state index contributed by atoms with van der Waals surface area (Å²) in [6.07, 6.45) is -1.73. The van der Waals surface area contributed by atoms with Crippen LogP contribution in [0.25, 0.3) is 0 Å². The summed E-state index contributed by atoms with van der Waals surface area (Å²) >= 11 is -5.93. The van der Waals surface area contributed by atoms with Crippen LogP contribution in [0.15, 0.2) is 78.9 Å². The largest absolute Gasteiger partial charge is 0.755 e. The zero-order valence-electron chi connectivity index (χ0n) is 18.0. The van der Waals surface area contributed by atoms with Crippen LogP contribution < -0.4 is 13.9 Å². The zero-order chi connectivity index (χ0) is 24.0. The van der Waals surface area contributed by atoms with Crippen molar-refractivity contribution in [2.45, 2.75) is 26.6 Å². The Kier molecular flexibility index (Phi) is 8.34. The van der Waals surface area contributed by atoms with Crippen LogP contribution in [0, 0.1) is 13.8 Å². The Labute approximate surface area is 198 Å². The molecule has 0 saturated heterocycles. The number of amides is 1. The van der Waals surface area contributed by atoms with Gasteiger partial charge in [-0.1, -0.05) is 65.7 Å². The number of hydrogen-bond acceptors (Lipinski definition) is 5. The fourth-order valence-electron chi connectivity index (χ4n) is 3.19. The van der Waals surface area contributed by atoms with Crippen molar-refractivity contribution in [2.75, 3.05) is 8.61 Å². The van der Waals surface area contributed by atoms with Crippen LogP contribution in [0.4, 0.5) is 11.4 Å². The molecule has 0 bridgehead atoms. The molecule has 174 valence electrons. The molecular formula is C23H23N3O5S2-2. The molecule has 2 unspecified atom stereocenters. The summed E-state index contributed by atoms with van der Waals surface area (Å²) in [4.78, 5) is 13.3. The van der Waals surface area contributed by atoms with Gasteiger partial charge < -0.3 is 14.4 Å². The summed E-state index contributed by atoms with van der Waals surface area (Å²) in [6, 6.07) is 21.8. The zero-order valence-corrected chi connectivity index (χ0v) is 19.7. The van der Waals surface area contributed by atoms with Crippen molar-refractivity contribution in [3.8, 4) is 0 Å². The summed E-state index contributed by atoms with van der Waals surface area (Å²) in [5.74, 6) is -0.798. The van der Waals surface area contributed by atoms with Gasteiger partial charge in [0.2, 0.25) is 6.17 Å². The predicted octanol–water partition coefficient (Wildman–Crippen LogP) is 2.85. The lowest BCUT2D eigenvalue weighted by atomic mass is 10.2. The number of anilines is 2. The summed E-state index contributed by atoms with van der Waals surface area (Å²) in [7, 11) is 0. The molecule has 8 nitrogen and oxygen atoms in total. The van der Waals surface area contributed by atoms with Gasteiger partial charge in [-0.05, 0) is 43.7 Å². The molecule has 0 saturated carbocycles. The third-order valence-corrected chi connectivity index (χ3v) is 6.35. The van der Waals surface area contributed by atoms with E-state index in [1.54, 1.807) is 48.5 Å². The summed E-state index contributed by atoms with van der Waals surface area (Å²) < 4.78 is 50.8. The van der Waals surface area contributed by atoms with Crippen molar-refractivity contribution in [3.05, 3.63) is 95.6 Å². The average molecular weight is 486 g/mol. The molecule has 0 aliphatic heterocycles. The Hall–Kier alpha value is -3.05. The highest BCUT2D eigenvalue weighted by atomic mass is 32.2. The van der Waals surface area contributed by atoms with Gasteiger partial charge in [-0.15, -0.1) is 0 Å². The lowest BCUT2D eigenvalue weighted by Crippen LogP contribution is -2.58. The molecule has 1 amide bonds. The molecule has 0 radical (unpaired) electrons. The topological polar surface area (TPSA) is 116 Å². The Morgan fingerprint density at radius 3 is 1.61 bits per heavy atom. The number of rotatable bonds is 9. The standard InChI is InChI=1S/C23H25N3O5S2/c1-17-8-12-20(13-9-17)25(32(28)29)23(22(27)24-16-19-6-4-3-5-7-19)26(33(30)31)21-14-10-18(2)11-15-21/h3-15,23H,16H2,1-2H3,(H,24,27)(H,28,29)(H,30,31)/p-2. The molecular weight excluding hydrogens is 462 g/mol. The molecule has 0 aromatic heterocycles. The lowest BCUT2D eigenvalue weighted by molar-refractivity contribution is -0.122. The first-order valence-corrected chi connectivity index (χ1v) is 12.1. The summed E-state index contributed by atoms with van der Waals surface area (Å²) in [5.41, 5.74) is 2.83. The van der Waals surface area contributed by atoms with Crippen LogP contribution >= 0.6 is 0 Å². The van der Waals surface area contributed by atoms with Gasteiger partial charge in [-0.25, -0.2) is 0 Å². The second kappa shape index (κ2) is 11.2. The maximum absolute atomic E-state index is 13.3. The first-order valence-electron chi connectivity index (χ1n) is 10.00. The molecule has 0 fully saturated rings. The van der Waals surface area contributed by atoms with E-state index in [9.17, 15) is 22.3 Å². The van der Waals surface area contributed by atoms with Gasteiger partial charge in [-0.3, -0.25) is 21.8 Å². The minimum Gasteiger partial charge on any atom is -0.755 e. The lowest BCUT2D eigenvalue weighted by Gasteiger charge is -2.41. The van der Waals surface area contributed by atoms with Gasteiger partial charge in [0.1, 0.15) is 0 Å². The number of aryl methyl sites for hydroxylation is 2.